The van der Waals surface area contributed by atoms with Crippen LogP contribution in [0, 0.1) is 0 Å². The molecule has 7 nitrogen and oxygen atoms in total. The second kappa shape index (κ2) is 9.78. The third kappa shape index (κ3) is 5.05. The third-order valence-corrected chi connectivity index (χ3v) is 5.28. The fourth-order valence-electron chi connectivity index (χ4n) is 3.58. The van der Waals surface area contributed by atoms with E-state index in [0.29, 0.717) is 44.4 Å². The van der Waals surface area contributed by atoms with Crippen LogP contribution in [0.3, 0.4) is 0 Å². The summed E-state index contributed by atoms with van der Waals surface area (Å²) in [6, 6.07) is 13.6. The van der Waals surface area contributed by atoms with Gasteiger partial charge in [-0.25, -0.2) is 4.98 Å². The molecule has 1 aromatic heterocycles. The molecule has 4 rings (SSSR count). The van der Waals surface area contributed by atoms with Gasteiger partial charge in [0.05, 0.1) is 25.4 Å². The molecule has 1 amide bonds. The van der Waals surface area contributed by atoms with Crippen LogP contribution in [-0.4, -0.2) is 60.6 Å². The van der Waals surface area contributed by atoms with E-state index in [4.69, 9.17) is 9.15 Å². The second-order valence-electron chi connectivity index (χ2n) is 7.29. The van der Waals surface area contributed by atoms with E-state index in [-0.39, 0.29) is 17.2 Å². The predicted molar refractivity (Wildman–Crippen MR) is 113 cm³/mol. The van der Waals surface area contributed by atoms with Crippen molar-refractivity contribution >= 4 is 5.91 Å². The lowest BCUT2D eigenvalue weighted by molar-refractivity contribution is -0.0503. The molecule has 1 aliphatic rings. The van der Waals surface area contributed by atoms with E-state index in [2.05, 4.69) is 14.6 Å². The minimum Gasteiger partial charge on any atom is -0.497 e. The van der Waals surface area contributed by atoms with Gasteiger partial charge in [-0.3, -0.25) is 9.69 Å². The number of aromatic nitrogens is 1. The smallest absolute Gasteiger partial charge is 0.387 e. The van der Waals surface area contributed by atoms with E-state index < -0.39 is 6.61 Å². The number of carbonyl (C=O) groups is 1. The van der Waals surface area contributed by atoms with Crippen LogP contribution in [0.15, 0.2) is 59.1 Å². The van der Waals surface area contributed by atoms with Crippen molar-refractivity contribution in [3.8, 4) is 22.8 Å². The molecule has 168 valence electrons. The molecule has 0 spiro atoms. The van der Waals surface area contributed by atoms with Crippen molar-refractivity contribution in [3.05, 3.63) is 66.2 Å². The van der Waals surface area contributed by atoms with Gasteiger partial charge >= 0.3 is 6.61 Å². The minimum atomic E-state index is -2.98. The van der Waals surface area contributed by atoms with Gasteiger partial charge in [0, 0.05) is 31.7 Å². The average Bonchev–Trinajstić information content (AvgIpc) is 3.27. The van der Waals surface area contributed by atoms with Gasteiger partial charge in [-0.15, -0.1) is 0 Å². The number of hydrogen-bond donors (Lipinski definition) is 0. The number of hydrogen-bond acceptors (Lipinski definition) is 6. The van der Waals surface area contributed by atoms with Crippen molar-refractivity contribution in [1.82, 2.24) is 14.8 Å². The molecule has 0 atom stereocenters. The first-order valence-electron chi connectivity index (χ1n) is 10.2. The molecule has 2 aromatic carbocycles. The van der Waals surface area contributed by atoms with Crippen LogP contribution < -0.4 is 9.47 Å². The Kier molecular flexibility index (Phi) is 6.65. The molecule has 32 heavy (non-hydrogen) atoms. The number of para-hydroxylation sites is 1. The molecule has 0 N–H and O–H groups in total. The van der Waals surface area contributed by atoms with Gasteiger partial charge in [-0.1, -0.05) is 12.1 Å². The summed E-state index contributed by atoms with van der Waals surface area (Å²) in [6.45, 7) is -0.303. The molecular formula is C23H23F2N3O4. The van der Waals surface area contributed by atoms with E-state index in [1.807, 2.05) is 24.3 Å². The number of amides is 1. The third-order valence-electron chi connectivity index (χ3n) is 5.28. The highest BCUT2D eigenvalue weighted by Crippen LogP contribution is 2.25. The topological polar surface area (TPSA) is 68.0 Å². The first kappa shape index (κ1) is 21.8. The lowest BCUT2D eigenvalue weighted by Gasteiger charge is -2.34. The number of nitrogens with zero attached hydrogens (tertiary/aromatic N) is 3. The monoisotopic (exact) mass is 443 g/mol. The van der Waals surface area contributed by atoms with Crippen LogP contribution in [0.2, 0.25) is 0 Å². The Morgan fingerprint density at radius 3 is 2.50 bits per heavy atom. The summed E-state index contributed by atoms with van der Waals surface area (Å²) < 4.78 is 40.8. The number of benzene rings is 2. The van der Waals surface area contributed by atoms with E-state index in [9.17, 15) is 13.6 Å². The molecule has 3 aromatic rings. The van der Waals surface area contributed by atoms with Crippen molar-refractivity contribution in [2.24, 2.45) is 0 Å². The number of oxazole rings is 1. The van der Waals surface area contributed by atoms with E-state index in [0.717, 1.165) is 11.3 Å². The number of halogens is 2. The molecule has 1 fully saturated rings. The zero-order valence-electron chi connectivity index (χ0n) is 17.5. The maximum absolute atomic E-state index is 12.8. The number of methoxy groups -OCH3 is 1. The van der Waals surface area contributed by atoms with Gasteiger partial charge < -0.3 is 18.8 Å². The van der Waals surface area contributed by atoms with Crippen molar-refractivity contribution < 1.29 is 27.5 Å². The highest BCUT2D eigenvalue weighted by Gasteiger charge is 2.25. The number of piperazine rings is 1. The van der Waals surface area contributed by atoms with Crippen molar-refractivity contribution in [2.75, 3.05) is 33.3 Å². The Morgan fingerprint density at radius 1 is 1.09 bits per heavy atom. The van der Waals surface area contributed by atoms with Crippen LogP contribution in [0.25, 0.3) is 11.3 Å². The molecule has 9 heteroatoms. The molecule has 2 heterocycles. The van der Waals surface area contributed by atoms with Crippen LogP contribution in [0.4, 0.5) is 8.78 Å². The Balaban J connectivity index is 1.34. The first-order chi connectivity index (χ1) is 15.5. The standard InChI is InChI=1S/C23H23F2N3O4/c1-30-17-8-6-16(7-9-17)20-14-26-21(31-20)15-27-10-12-28(13-11-27)22(29)18-4-2-3-5-19(18)32-23(24)25/h2-9,14,23H,10-13,15H2,1H3. The number of rotatable bonds is 7. The summed E-state index contributed by atoms with van der Waals surface area (Å²) in [4.78, 5) is 21.0. The fraction of sp³-hybridized carbons (Fsp3) is 0.304. The normalized spacial score (nSPS) is 14.6. The summed E-state index contributed by atoms with van der Waals surface area (Å²) in [6.07, 6.45) is 1.69. The van der Waals surface area contributed by atoms with Crippen molar-refractivity contribution in [3.63, 3.8) is 0 Å². The van der Waals surface area contributed by atoms with Gasteiger partial charge in [-0.2, -0.15) is 8.78 Å². The van der Waals surface area contributed by atoms with Gasteiger partial charge in [-0.05, 0) is 36.4 Å². The van der Waals surface area contributed by atoms with Gasteiger partial charge in [0.15, 0.2) is 5.76 Å². The van der Waals surface area contributed by atoms with Crippen molar-refractivity contribution in [1.29, 1.82) is 0 Å². The largest absolute Gasteiger partial charge is 0.497 e. The van der Waals surface area contributed by atoms with Gasteiger partial charge in [0.1, 0.15) is 11.5 Å². The number of carbonyl (C=O) groups excluding carboxylic acids is 1. The van der Waals surface area contributed by atoms with Crippen LogP contribution >= 0.6 is 0 Å². The molecule has 0 aliphatic carbocycles. The number of alkyl halides is 2. The Hall–Kier alpha value is -3.46. The summed E-state index contributed by atoms with van der Waals surface area (Å²) in [5, 5.41) is 0. The van der Waals surface area contributed by atoms with Crippen molar-refractivity contribution in [2.45, 2.75) is 13.2 Å². The Labute approximate surface area is 184 Å². The molecular weight excluding hydrogens is 420 g/mol. The predicted octanol–water partition coefficient (Wildman–Crippen LogP) is 3.91. The Bertz CT molecular complexity index is 1050. The average molecular weight is 443 g/mol. The van der Waals surface area contributed by atoms with E-state index in [1.165, 1.54) is 12.1 Å². The first-order valence-corrected chi connectivity index (χ1v) is 10.2. The van der Waals surface area contributed by atoms with Gasteiger partial charge in [0.2, 0.25) is 5.89 Å². The SMILES string of the molecule is COc1ccc(-c2cnc(CN3CCN(C(=O)c4ccccc4OC(F)F)CC3)o2)cc1. The van der Waals surface area contributed by atoms with Crippen LogP contribution in [0.1, 0.15) is 16.2 Å². The summed E-state index contributed by atoms with van der Waals surface area (Å²) in [7, 11) is 1.62. The molecule has 1 aliphatic heterocycles. The Morgan fingerprint density at radius 2 is 1.81 bits per heavy atom. The maximum atomic E-state index is 12.8. The van der Waals surface area contributed by atoms with E-state index in [1.54, 1.807) is 30.3 Å². The highest BCUT2D eigenvalue weighted by molar-refractivity contribution is 5.97. The summed E-state index contributed by atoms with van der Waals surface area (Å²) >= 11 is 0. The highest BCUT2D eigenvalue weighted by atomic mass is 19.3. The molecule has 0 saturated carbocycles. The summed E-state index contributed by atoms with van der Waals surface area (Å²) in [5.74, 6) is 1.60. The van der Waals surface area contributed by atoms with Crippen LogP contribution in [-0.2, 0) is 6.54 Å². The molecule has 1 saturated heterocycles. The molecule has 0 bridgehead atoms. The van der Waals surface area contributed by atoms with Gasteiger partial charge in [0.25, 0.3) is 5.91 Å². The maximum Gasteiger partial charge on any atom is 0.387 e. The molecule has 0 radical (unpaired) electrons. The number of ether oxygens (including phenoxy) is 2. The summed E-state index contributed by atoms with van der Waals surface area (Å²) in [5.41, 5.74) is 1.04. The quantitative estimate of drug-likeness (QED) is 0.552. The zero-order valence-corrected chi connectivity index (χ0v) is 17.5. The fourth-order valence-corrected chi connectivity index (χ4v) is 3.58. The minimum absolute atomic E-state index is 0.110. The van der Waals surface area contributed by atoms with Crippen LogP contribution in [0.5, 0.6) is 11.5 Å². The second-order valence-corrected chi connectivity index (χ2v) is 7.29. The molecule has 0 unspecified atom stereocenters. The lowest BCUT2D eigenvalue weighted by atomic mass is 10.1. The van der Waals surface area contributed by atoms with E-state index >= 15 is 0 Å². The zero-order chi connectivity index (χ0) is 22.5. The lowest BCUT2D eigenvalue weighted by Crippen LogP contribution is -2.48.